The molecule has 0 heterocycles. The maximum Gasteiger partial charge on any atom is 0.387 e. The Kier molecular flexibility index (Phi) is 7.02. The topological polar surface area (TPSA) is 86.4 Å². The number of halogens is 2. The van der Waals surface area contributed by atoms with Crippen LogP contribution in [0.2, 0.25) is 0 Å². The van der Waals surface area contributed by atoms with Crippen LogP contribution in [0.25, 0.3) is 6.08 Å². The van der Waals surface area contributed by atoms with Gasteiger partial charge in [-0.05, 0) is 23.8 Å². The molecule has 0 unspecified atom stereocenters. The lowest BCUT2D eigenvalue weighted by atomic mass is 10.2. The maximum atomic E-state index is 12.2. The Morgan fingerprint density at radius 3 is 2.48 bits per heavy atom. The van der Waals surface area contributed by atoms with Crippen LogP contribution in [0.4, 0.5) is 8.78 Å². The number of hydrogen-bond donors (Lipinski definition) is 0. The van der Waals surface area contributed by atoms with E-state index in [0.717, 1.165) is 4.90 Å². The fourth-order valence-electron chi connectivity index (χ4n) is 1.64. The first-order valence-corrected chi connectivity index (χ1v) is 6.35. The summed E-state index contributed by atoms with van der Waals surface area (Å²) in [6.07, 6.45) is 2.59. The highest BCUT2D eigenvalue weighted by molar-refractivity contribution is 5.92. The molecule has 0 bridgehead atoms. The van der Waals surface area contributed by atoms with Gasteiger partial charge in [-0.15, -0.1) is 0 Å². The van der Waals surface area contributed by atoms with Gasteiger partial charge in [0.2, 0.25) is 5.91 Å². The maximum absolute atomic E-state index is 12.2. The Morgan fingerprint density at radius 2 is 1.96 bits per heavy atom. The molecular formula is C15H13F2N3O3. The Morgan fingerprint density at radius 1 is 1.30 bits per heavy atom. The van der Waals surface area contributed by atoms with Gasteiger partial charge in [-0.25, -0.2) is 0 Å². The van der Waals surface area contributed by atoms with E-state index in [1.807, 2.05) is 0 Å². The van der Waals surface area contributed by atoms with Crippen molar-refractivity contribution in [2.24, 2.45) is 0 Å². The molecule has 1 rings (SSSR count). The molecule has 0 aromatic heterocycles. The second-order valence-corrected chi connectivity index (χ2v) is 4.13. The molecule has 23 heavy (non-hydrogen) atoms. The van der Waals surface area contributed by atoms with Crippen LogP contribution in [0.3, 0.4) is 0 Å². The SMILES string of the molecule is COc1cc(/C=C\C(=O)N(CC#N)CC#N)ccc1OC(F)F. The number of methoxy groups -OCH3 is 1. The Bertz CT molecular complexity index is 647. The molecule has 8 heteroatoms. The van der Waals surface area contributed by atoms with Gasteiger partial charge in [0.1, 0.15) is 13.1 Å². The number of alkyl halides is 2. The van der Waals surface area contributed by atoms with Crippen molar-refractivity contribution >= 4 is 12.0 Å². The predicted molar refractivity (Wildman–Crippen MR) is 76.5 cm³/mol. The molecule has 1 aromatic rings. The van der Waals surface area contributed by atoms with Crippen molar-refractivity contribution < 1.29 is 23.0 Å². The summed E-state index contributed by atoms with van der Waals surface area (Å²) in [5, 5.41) is 17.2. The molecule has 0 saturated heterocycles. The van der Waals surface area contributed by atoms with Gasteiger partial charge in [-0.3, -0.25) is 4.79 Å². The Labute approximate surface area is 131 Å². The average Bonchev–Trinajstić information content (AvgIpc) is 2.52. The highest BCUT2D eigenvalue weighted by Crippen LogP contribution is 2.29. The quantitative estimate of drug-likeness (QED) is 0.567. The summed E-state index contributed by atoms with van der Waals surface area (Å²) >= 11 is 0. The minimum absolute atomic E-state index is 0.0887. The Hall–Kier alpha value is -3.13. The van der Waals surface area contributed by atoms with Gasteiger partial charge in [0.05, 0.1) is 19.2 Å². The van der Waals surface area contributed by atoms with Crippen LogP contribution >= 0.6 is 0 Å². The lowest BCUT2D eigenvalue weighted by Crippen LogP contribution is -2.30. The predicted octanol–water partition coefficient (Wildman–Crippen LogP) is 2.19. The first-order chi connectivity index (χ1) is 11.0. The van der Waals surface area contributed by atoms with Crippen LogP contribution in [0.1, 0.15) is 5.56 Å². The molecule has 0 fully saturated rings. The van der Waals surface area contributed by atoms with Gasteiger partial charge < -0.3 is 14.4 Å². The van der Waals surface area contributed by atoms with E-state index in [2.05, 4.69) is 4.74 Å². The number of nitrogens with zero attached hydrogens (tertiary/aromatic N) is 3. The molecule has 0 aliphatic rings. The zero-order chi connectivity index (χ0) is 17.2. The lowest BCUT2D eigenvalue weighted by Gasteiger charge is -2.13. The third kappa shape index (κ3) is 5.64. The summed E-state index contributed by atoms with van der Waals surface area (Å²) in [7, 11) is 1.30. The van der Waals surface area contributed by atoms with Gasteiger partial charge in [0.15, 0.2) is 11.5 Å². The number of benzene rings is 1. The van der Waals surface area contributed by atoms with Gasteiger partial charge in [0.25, 0.3) is 0 Å². The zero-order valence-corrected chi connectivity index (χ0v) is 12.2. The van der Waals surface area contributed by atoms with E-state index < -0.39 is 12.5 Å². The molecule has 0 saturated carbocycles. The Balaban J connectivity index is 2.90. The van der Waals surface area contributed by atoms with E-state index in [1.165, 1.54) is 37.5 Å². The number of amides is 1. The molecule has 120 valence electrons. The summed E-state index contributed by atoms with van der Waals surface area (Å²) in [5.41, 5.74) is 0.505. The molecule has 1 amide bonds. The summed E-state index contributed by atoms with van der Waals surface area (Å²) in [6, 6.07) is 7.74. The second kappa shape index (κ2) is 9.00. The van der Waals surface area contributed by atoms with E-state index in [-0.39, 0.29) is 24.6 Å². The number of ether oxygens (including phenoxy) is 2. The van der Waals surface area contributed by atoms with E-state index in [1.54, 1.807) is 12.1 Å². The fourth-order valence-corrected chi connectivity index (χ4v) is 1.64. The highest BCUT2D eigenvalue weighted by Gasteiger charge is 2.11. The first kappa shape index (κ1) is 17.9. The van der Waals surface area contributed by atoms with E-state index in [9.17, 15) is 13.6 Å². The van der Waals surface area contributed by atoms with Gasteiger partial charge in [-0.1, -0.05) is 6.07 Å². The molecule has 0 atom stereocenters. The summed E-state index contributed by atoms with van der Waals surface area (Å²) in [5.74, 6) is -0.549. The van der Waals surface area contributed by atoms with Crippen LogP contribution in [0.15, 0.2) is 24.3 Å². The number of carbonyl (C=O) groups is 1. The van der Waals surface area contributed by atoms with E-state index in [4.69, 9.17) is 15.3 Å². The van der Waals surface area contributed by atoms with Crippen LogP contribution < -0.4 is 9.47 Å². The van der Waals surface area contributed by atoms with Crippen LogP contribution in [-0.2, 0) is 4.79 Å². The van der Waals surface area contributed by atoms with Crippen LogP contribution in [0.5, 0.6) is 11.5 Å². The van der Waals surface area contributed by atoms with Crippen LogP contribution in [-0.4, -0.2) is 37.6 Å². The van der Waals surface area contributed by atoms with Gasteiger partial charge >= 0.3 is 6.61 Å². The van der Waals surface area contributed by atoms with Crippen LogP contribution in [0, 0.1) is 22.7 Å². The van der Waals surface area contributed by atoms with Crippen molar-refractivity contribution in [2.75, 3.05) is 20.2 Å². The zero-order valence-electron chi connectivity index (χ0n) is 12.2. The van der Waals surface area contributed by atoms with Gasteiger partial charge in [0, 0.05) is 6.08 Å². The normalized spacial score (nSPS) is 10.2. The second-order valence-electron chi connectivity index (χ2n) is 4.13. The molecule has 0 aliphatic heterocycles. The monoisotopic (exact) mass is 321 g/mol. The largest absolute Gasteiger partial charge is 0.493 e. The lowest BCUT2D eigenvalue weighted by molar-refractivity contribution is -0.124. The average molecular weight is 321 g/mol. The number of hydrogen-bond acceptors (Lipinski definition) is 5. The van der Waals surface area contributed by atoms with Crippen molar-refractivity contribution in [1.29, 1.82) is 10.5 Å². The van der Waals surface area contributed by atoms with Crippen molar-refractivity contribution in [3.8, 4) is 23.6 Å². The number of carbonyl (C=O) groups excluding carboxylic acids is 1. The molecule has 0 spiro atoms. The van der Waals surface area contributed by atoms with E-state index >= 15 is 0 Å². The summed E-state index contributed by atoms with van der Waals surface area (Å²) in [6.45, 7) is -3.39. The molecule has 1 aromatic carbocycles. The summed E-state index contributed by atoms with van der Waals surface area (Å²) < 4.78 is 33.7. The third-order valence-electron chi connectivity index (χ3n) is 2.66. The number of nitriles is 2. The molecule has 6 nitrogen and oxygen atoms in total. The number of rotatable bonds is 7. The molecule has 0 N–H and O–H groups in total. The minimum Gasteiger partial charge on any atom is -0.493 e. The third-order valence-corrected chi connectivity index (χ3v) is 2.66. The standard InChI is InChI=1S/C15H13F2N3O3/c1-22-13-10-11(2-4-12(13)23-15(16)17)3-5-14(21)20(8-6-18)9-7-19/h2-5,10,15H,8-9H2,1H3/b5-3-. The van der Waals surface area contributed by atoms with Crippen molar-refractivity contribution in [3.63, 3.8) is 0 Å². The minimum atomic E-state index is -2.97. The highest BCUT2D eigenvalue weighted by atomic mass is 19.3. The molecule has 0 radical (unpaired) electrons. The van der Waals surface area contributed by atoms with Gasteiger partial charge in [-0.2, -0.15) is 19.3 Å². The van der Waals surface area contributed by atoms with Crippen molar-refractivity contribution in [2.45, 2.75) is 6.61 Å². The first-order valence-electron chi connectivity index (χ1n) is 6.35. The fraction of sp³-hybridized carbons (Fsp3) is 0.267. The van der Waals surface area contributed by atoms with Crippen molar-refractivity contribution in [1.82, 2.24) is 4.90 Å². The molecule has 0 aliphatic carbocycles. The smallest absolute Gasteiger partial charge is 0.387 e. The van der Waals surface area contributed by atoms with Crippen molar-refractivity contribution in [3.05, 3.63) is 29.8 Å². The molecular weight excluding hydrogens is 308 g/mol. The summed E-state index contributed by atoms with van der Waals surface area (Å²) in [4.78, 5) is 12.9. The van der Waals surface area contributed by atoms with E-state index in [0.29, 0.717) is 5.56 Å².